The molecule has 1 unspecified atom stereocenters. The number of alkyl halides is 1. The standard InChI is InChI=1S/C40H80BrO7P/c1-40(2)45-38-39(48-40)37-44-34-31-29-27-25-23-21-19-17-15-13-11-9-7-5-3-4-6-8-10-12-14-16-18-20-22-24-26-28-30-32-35-46-49(42,43)47-36-33-41/h39H,3-38H2,1-2H3,(H,42,43)/t39-/m0/s1. The number of unbranched alkanes of at least 4 members (excludes halogenated alkanes) is 29. The van der Waals surface area contributed by atoms with E-state index in [0.29, 0.717) is 25.2 Å². The van der Waals surface area contributed by atoms with Crippen LogP contribution < -0.4 is 0 Å². The van der Waals surface area contributed by atoms with Crippen LogP contribution in [0.3, 0.4) is 0 Å². The Morgan fingerprint density at radius 1 is 0.551 bits per heavy atom. The fraction of sp³-hybridized carbons (Fsp3) is 1.00. The van der Waals surface area contributed by atoms with Crippen molar-refractivity contribution in [3.05, 3.63) is 0 Å². The fourth-order valence-corrected chi connectivity index (χ4v) is 7.85. The van der Waals surface area contributed by atoms with Crippen molar-refractivity contribution >= 4 is 23.8 Å². The first-order valence-corrected chi connectivity index (χ1v) is 23.5. The van der Waals surface area contributed by atoms with E-state index in [1.807, 2.05) is 13.8 Å². The van der Waals surface area contributed by atoms with Crippen molar-refractivity contribution in [1.29, 1.82) is 0 Å². The molecule has 1 rings (SSSR count). The Hall–Kier alpha value is 0.470. The summed E-state index contributed by atoms with van der Waals surface area (Å²) in [5.74, 6) is -0.442. The first-order chi connectivity index (χ1) is 23.8. The van der Waals surface area contributed by atoms with E-state index >= 15 is 0 Å². The van der Waals surface area contributed by atoms with Crippen molar-refractivity contribution in [2.75, 3.05) is 38.4 Å². The molecule has 0 amide bonds. The molecule has 0 saturated carbocycles. The monoisotopic (exact) mass is 782 g/mol. The summed E-state index contributed by atoms with van der Waals surface area (Å²) in [6.07, 6.45) is 40.8. The van der Waals surface area contributed by atoms with E-state index in [1.54, 1.807) is 0 Å². The summed E-state index contributed by atoms with van der Waals surface area (Å²) in [7, 11) is -3.85. The van der Waals surface area contributed by atoms with Crippen LogP contribution in [0.1, 0.15) is 206 Å². The van der Waals surface area contributed by atoms with Gasteiger partial charge in [0.15, 0.2) is 5.79 Å². The molecule has 2 atom stereocenters. The minimum absolute atomic E-state index is 0.0992. The van der Waals surface area contributed by atoms with Crippen molar-refractivity contribution in [3.8, 4) is 0 Å². The second-order valence-corrected chi connectivity index (χ2v) is 17.2. The van der Waals surface area contributed by atoms with E-state index in [4.69, 9.17) is 23.3 Å². The SMILES string of the molecule is CC1(C)OC[C@H](COCCCCCCCCCCCCCCCCCCCCCCCCCCCCCCCCOP(=O)(O)OCCBr)O1. The van der Waals surface area contributed by atoms with Gasteiger partial charge in [0.2, 0.25) is 0 Å². The zero-order valence-corrected chi connectivity index (χ0v) is 34.7. The average molecular weight is 784 g/mol. The van der Waals surface area contributed by atoms with Gasteiger partial charge in [0.05, 0.1) is 26.4 Å². The second kappa shape index (κ2) is 34.3. The molecule has 7 nitrogen and oxygen atoms in total. The van der Waals surface area contributed by atoms with E-state index in [1.165, 1.54) is 173 Å². The number of ether oxygens (including phenoxy) is 3. The van der Waals surface area contributed by atoms with Gasteiger partial charge in [-0.3, -0.25) is 9.05 Å². The Morgan fingerprint density at radius 3 is 1.16 bits per heavy atom. The maximum absolute atomic E-state index is 11.6. The van der Waals surface area contributed by atoms with Gasteiger partial charge in [-0.25, -0.2) is 4.57 Å². The van der Waals surface area contributed by atoms with Crippen molar-refractivity contribution in [2.24, 2.45) is 0 Å². The number of phosphoric ester groups is 1. The highest BCUT2D eigenvalue weighted by Gasteiger charge is 2.32. The van der Waals surface area contributed by atoms with E-state index in [-0.39, 0.29) is 12.7 Å². The van der Waals surface area contributed by atoms with E-state index in [2.05, 4.69) is 15.9 Å². The van der Waals surface area contributed by atoms with Crippen LogP contribution in [0.5, 0.6) is 0 Å². The molecule has 1 N–H and O–H groups in total. The summed E-state index contributed by atoms with van der Waals surface area (Å²) in [6, 6.07) is 0. The first-order valence-electron chi connectivity index (χ1n) is 20.9. The Morgan fingerprint density at radius 2 is 0.857 bits per heavy atom. The number of phosphoric acid groups is 1. The van der Waals surface area contributed by atoms with Gasteiger partial charge in [-0.15, -0.1) is 0 Å². The molecule has 0 aromatic heterocycles. The lowest BCUT2D eigenvalue weighted by Crippen LogP contribution is -2.24. The maximum atomic E-state index is 11.6. The number of rotatable bonds is 39. The van der Waals surface area contributed by atoms with E-state index in [9.17, 15) is 9.46 Å². The molecule has 1 heterocycles. The van der Waals surface area contributed by atoms with Gasteiger partial charge >= 0.3 is 7.82 Å². The third kappa shape index (κ3) is 34.0. The lowest BCUT2D eigenvalue weighted by atomic mass is 10.0. The molecule has 1 aliphatic heterocycles. The molecule has 294 valence electrons. The van der Waals surface area contributed by atoms with Crippen LogP contribution in [0.25, 0.3) is 0 Å². The minimum atomic E-state index is -3.85. The van der Waals surface area contributed by atoms with Gasteiger partial charge in [-0.05, 0) is 26.7 Å². The summed E-state index contributed by atoms with van der Waals surface area (Å²) in [6.45, 7) is 6.57. The Labute approximate surface area is 312 Å². The van der Waals surface area contributed by atoms with Crippen LogP contribution in [0, 0.1) is 0 Å². The van der Waals surface area contributed by atoms with Crippen LogP contribution in [0.15, 0.2) is 0 Å². The lowest BCUT2D eigenvalue weighted by molar-refractivity contribution is -0.145. The molecule has 1 aliphatic rings. The van der Waals surface area contributed by atoms with Crippen molar-refractivity contribution < 1.29 is 32.7 Å². The minimum Gasteiger partial charge on any atom is -0.379 e. The molecule has 9 heteroatoms. The maximum Gasteiger partial charge on any atom is 0.472 e. The van der Waals surface area contributed by atoms with Gasteiger partial charge in [-0.1, -0.05) is 196 Å². The largest absolute Gasteiger partial charge is 0.472 e. The smallest absolute Gasteiger partial charge is 0.379 e. The quantitative estimate of drug-likeness (QED) is 0.0377. The van der Waals surface area contributed by atoms with Crippen LogP contribution in [-0.2, 0) is 27.8 Å². The van der Waals surface area contributed by atoms with Crippen LogP contribution >= 0.6 is 23.8 Å². The molecule has 0 bridgehead atoms. The van der Waals surface area contributed by atoms with Crippen LogP contribution in [-0.4, -0.2) is 55.1 Å². The highest BCUT2D eigenvalue weighted by Crippen LogP contribution is 2.43. The molecule has 1 saturated heterocycles. The molecule has 0 aliphatic carbocycles. The van der Waals surface area contributed by atoms with Gasteiger partial charge in [0.1, 0.15) is 6.10 Å². The number of halogens is 1. The average Bonchev–Trinajstić information content (AvgIpc) is 3.43. The fourth-order valence-electron chi connectivity index (χ4n) is 6.68. The third-order valence-corrected chi connectivity index (χ3v) is 11.0. The summed E-state index contributed by atoms with van der Waals surface area (Å²) >= 11 is 3.17. The molecule has 0 aromatic rings. The van der Waals surface area contributed by atoms with Crippen molar-refractivity contribution in [2.45, 2.75) is 218 Å². The van der Waals surface area contributed by atoms with E-state index < -0.39 is 13.6 Å². The molecular formula is C40H80BrO7P. The van der Waals surface area contributed by atoms with Gasteiger partial charge in [-0.2, -0.15) is 0 Å². The predicted octanol–water partition coefficient (Wildman–Crippen LogP) is 13.4. The lowest BCUT2D eigenvalue weighted by Gasteiger charge is -2.17. The molecular weight excluding hydrogens is 703 g/mol. The Kier molecular flexibility index (Phi) is 33.2. The van der Waals surface area contributed by atoms with E-state index in [0.717, 1.165) is 25.9 Å². The molecule has 49 heavy (non-hydrogen) atoms. The number of hydrogen-bond acceptors (Lipinski definition) is 6. The van der Waals surface area contributed by atoms with Gasteiger partial charge in [0, 0.05) is 11.9 Å². The Balaban J connectivity index is 1.63. The molecule has 0 aromatic carbocycles. The molecule has 1 fully saturated rings. The Bertz CT molecular complexity index is 741. The summed E-state index contributed by atoms with van der Waals surface area (Å²) in [5, 5.41) is 0.525. The van der Waals surface area contributed by atoms with Gasteiger partial charge < -0.3 is 19.1 Å². The predicted molar refractivity (Wildman–Crippen MR) is 210 cm³/mol. The highest BCUT2D eigenvalue weighted by molar-refractivity contribution is 9.09. The zero-order valence-electron chi connectivity index (χ0n) is 32.3. The topological polar surface area (TPSA) is 83.5 Å². The van der Waals surface area contributed by atoms with Crippen LogP contribution in [0.2, 0.25) is 0 Å². The first kappa shape index (κ1) is 47.5. The molecule has 0 radical (unpaired) electrons. The molecule has 0 spiro atoms. The summed E-state index contributed by atoms with van der Waals surface area (Å²) in [5.41, 5.74) is 0. The third-order valence-electron chi connectivity index (χ3n) is 9.64. The van der Waals surface area contributed by atoms with Crippen molar-refractivity contribution in [3.63, 3.8) is 0 Å². The van der Waals surface area contributed by atoms with Gasteiger partial charge in [0.25, 0.3) is 0 Å². The normalized spacial score (nSPS) is 17.2. The zero-order chi connectivity index (χ0) is 35.6. The number of hydrogen-bond donors (Lipinski definition) is 1. The summed E-state index contributed by atoms with van der Waals surface area (Å²) in [4.78, 5) is 9.47. The van der Waals surface area contributed by atoms with Crippen LogP contribution in [0.4, 0.5) is 0 Å². The summed E-state index contributed by atoms with van der Waals surface area (Å²) < 4.78 is 38.4. The highest BCUT2D eigenvalue weighted by atomic mass is 79.9. The second-order valence-electron chi connectivity index (χ2n) is 15.0. The van der Waals surface area contributed by atoms with Crippen molar-refractivity contribution in [1.82, 2.24) is 0 Å².